The Labute approximate surface area is 102 Å². The molecule has 0 saturated carbocycles. The number of sulfonamides is 1. The summed E-state index contributed by atoms with van der Waals surface area (Å²) < 4.78 is 31.0. The topological polar surface area (TPSA) is 78.9 Å². The molecule has 2 saturated heterocycles. The molecule has 0 aromatic rings. The summed E-state index contributed by atoms with van der Waals surface area (Å²) in [4.78, 5) is 0. The third-order valence-corrected chi connectivity index (χ3v) is 5.33. The predicted octanol–water partition coefficient (Wildman–Crippen LogP) is -1.24. The maximum absolute atomic E-state index is 12.2. The number of hydrogen-bond donors (Lipinski definition) is 2. The van der Waals surface area contributed by atoms with Crippen LogP contribution in [0, 0.1) is 0 Å². The highest BCUT2D eigenvalue weighted by Crippen LogP contribution is 2.16. The van der Waals surface area contributed by atoms with Gasteiger partial charge in [-0.05, 0) is 19.4 Å². The van der Waals surface area contributed by atoms with Crippen molar-refractivity contribution in [1.82, 2.24) is 9.62 Å². The highest BCUT2D eigenvalue weighted by atomic mass is 32.2. The molecule has 0 aromatic carbocycles. The monoisotopic (exact) mass is 264 g/mol. The fourth-order valence-corrected chi connectivity index (χ4v) is 4.32. The average Bonchev–Trinajstić information content (AvgIpc) is 2.81. The summed E-state index contributed by atoms with van der Waals surface area (Å²) in [7, 11) is -3.30. The lowest BCUT2D eigenvalue weighted by atomic mass is 10.3. The molecule has 0 amide bonds. The molecule has 2 aliphatic rings. The number of hydrogen-bond acceptors (Lipinski definition) is 5. The molecule has 2 fully saturated rings. The van der Waals surface area contributed by atoms with Gasteiger partial charge in [0.15, 0.2) is 0 Å². The van der Waals surface area contributed by atoms with Gasteiger partial charge in [-0.2, -0.15) is 4.31 Å². The van der Waals surface area contributed by atoms with Crippen LogP contribution in [0.2, 0.25) is 0 Å². The summed E-state index contributed by atoms with van der Waals surface area (Å²) in [5.74, 6) is 0.128. The molecule has 0 bridgehead atoms. The van der Waals surface area contributed by atoms with E-state index in [1.807, 2.05) is 0 Å². The van der Waals surface area contributed by atoms with Crippen LogP contribution in [0.1, 0.15) is 12.8 Å². The van der Waals surface area contributed by atoms with Crippen LogP contribution in [-0.2, 0) is 14.8 Å². The van der Waals surface area contributed by atoms with Gasteiger partial charge in [0, 0.05) is 12.6 Å². The van der Waals surface area contributed by atoms with Gasteiger partial charge in [0.2, 0.25) is 10.0 Å². The Morgan fingerprint density at radius 3 is 2.94 bits per heavy atom. The van der Waals surface area contributed by atoms with Gasteiger partial charge < -0.3 is 15.2 Å². The molecule has 2 heterocycles. The van der Waals surface area contributed by atoms with Crippen LogP contribution in [0.15, 0.2) is 0 Å². The second kappa shape index (κ2) is 5.62. The Morgan fingerprint density at radius 1 is 1.47 bits per heavy atom. The van der Waals surface area contributed by atoms with E-state index in [0.717, 1.165) is 19.4 Å². The van der Waals surface area contributed by atoms with E-state index in [4.69, 9.17) is 4.74 Å². The van der Waals surface area contributed by atoms with E-state index in [2.05, 4.69) is 5.32 Å². The summed E-state index contributed by atoms with van der Waals surface area (Å²) in [5.41, 5.74) is 0. The molecule has 2 rings (SSSR count). The second-order valence-electron chi connectivity index (χ2n) is 4.59. The van der Waals surface area contributed by atoms with Crippen molar-refractivity contribution in [2.75, 3.05) is 38.7 Å². The van der Waals surface area contributed by atoms with Crippen molar-refractivity contribution in [2.45, 2.75) is 24.9 Å². The Hall–Kier alpha value is -0.210. The molecule has 17 heavy (non-hydrogen) atoms. The molecule has 2 aliphatic heterocycles. The Morgan fingerprint density at radius 2 is 2.29 bits per heavy atom. The molecule has 0 aliphatic carbocycles. The Balaban J connectivity index is 2.01. The summed E-state index contributed by atoms with van der Waals surface area (Å²) >= 11 is 0. The summed E-state index contributed by atoms with van der Waals surface area (Å²) in [6.45, 7) is 1.76. The molecule has 6 nitrogen and oxygen atoms in total. The van der Waals surface area contributed by atoms with Crippen LogP contribution in [0.4, 0.5) is 0 Å². The predicted molar refractivity (Wildman–Crippen MR) is 63.2 cm³/mol. The van der Waals surface area contributed by atoms with Crippen LogP contribution in [0.25, 0.3) is 0 Å². The van der Waals surface area contributed by atoms with Gasteiger partial charge in [-0.3, -0.25) is 0 Å². The fraction of sp³-hybridized carbons (Fsp3) is 1.00. The van der Waals surface area contributed by atoms with E-state index < -0.39 is 16.1 Å². The van der Waals surface area contributed by atoms with Gasteiger partial charge in [0.1, 0.15) is 0 Å². The van der Waals surface area contributed by atoms with E-state index >= 15 is 0 Å². The SMILES string of the molecule is O=S(=O)(CC1CCCN1)N1CCOCC1CO. The van der Waals surface area contributed by atoms with Crippen LogP contribution in [-0.4, -0.2) is 68.6 Å². The van der Waals surface area contributed by atoms with Crippen LogP contribution < -0.4 is 5.32 Å². The molecule has 0 radical (unpaired) electrons. The zero-order valence-electron chi connectivity index (χ0n) is 9.84. The Bertz CT molecular complexity index is 340. The zero-order valence-corrected chi connectivity index (χ0v) is 10.7. The number of nitrogens with one attached hydrogen (secondary N) is 1. The fourth-order valence-electron chi connectivity index (χ4n) is 2.40. The lowest BCUT2D eigenvalue weighted by Crippen LogP contribution is -2.52. The van der Waals surface area contributed by atoms with Crippen molar-refractivity contribution < 1.29 is 18.3 Å². The van der Waals surface area contributed by atoms with Gasteiger partial charge >= 0.3 is 0 Å². The molecule has 2 unspecified atom stereocenters. The van der Waals surface area contributed by atoms with Gasteiger partial charge in [-0.15, -0.1) is 0 Å². The quantitative estimate of drug-likeness (QED) is 0.664. The van der Waals surface area contributed by atoms with Gasteiger partial charge in [-0.1, -0.05) is 0 Å². The van der Waals surface area contributed by atoms with Crippen molar-refractivity contribution in [3.05, 3.63) is 0 Å². The average molecular weight is 264 g/mol. The maximum Gasteiger partial charge on any atom is 0.216 e. The van der Waals surface area contributed by atoms with Crippen LogP contribution in [0.5, 0.6) is 0 Å². The first kappa shape index (κ1) is 13.2. The number of aliphatic hydroxyl groups is 1. The van der Waals surface area contributed by atoms with Gasteiger partial charge in [-0.25, -0.2) is 8.42 Å². The van der Waals surface area contributed by atoms with Crippen LogP contribution >= 0.6 is 0 Å². The third kappa shape index (κ3) is 3.17. The van der Waals surface area contributed by atoms with E-state index in [9.17, 15) is 13.5 Å². The number of aliphatic hydroxyl groups excluding tert-OH is 1. The van der Waals surface area contributed by atoms with Crippen molar-refractivity contribution in [3.8, 4) is 0 Å². The molecule has 0 aromatic heterocycles. The molecular formula is C10H20N2O4S. The minimum atomic E-state index is -3.30. The molecular weight excluding hydrogens is 244 g/mol. The zero-order chi connectivity index (χ0) is 12.3. The molecule has 100 valence electrons. The van der Waals surface area contributed by atoms with E-state index in [1.54, 1.807) is 0 Å². The minimum Gasteiger partial charge on any atom is -0.395 e. The smallest absolute Gasteiger partial charge is 0.216 e. The standard InChI is InChI=1S/C10H20N2O4S/c13-6-10-7-16-5-4-12(10)17(14,15)8-9-2-1-3-11-9/h9-11,13H,1-8H2. The Kier molecular flexibility index (Phi) is 4.37. The number of morpholine rings is 1. The summed E-state index contributed by atoms with van der Waals surface area (Å²) in [6, 6.07) is -0.364. The van der Waals surface area contributed by atoms with Crippen molar-refractivity contribution in [2.24, 2.45) is 0 Å². The number of rotatable bonds is 4. The molecule has 2 atom stereocenters. The first-order valence-corrected chi connectivity index (χ1v) is 7.66. The highest BCUT2D eigenvalue weighted by molar-refractivity contribution is 7.89. The first-order chi connectivity index (χ1) is 8.13. The van der Waals surface area contributed by atoms with Crippen molar-refractivity contribution in [1.29, 1.82) is 0 Å². The first-order valence-electron chi connectivity index (χ1n) is 6.05. The van der Waals surface area contributed by atoms with Crippen LogP contribution in [0.3, 0.4) is 0 Å². The normalized spacial score (nSPS) is 31.8. The third-order valence-electron chi connectivity index (χ3n) is 3.32. The highest BCUT2D eigenvalue weighted by Gasteiger charge is 2.34. The van der Waals surface area contributed by atoms with E-state index in [0.29, 0.717) is 13.2 Å². The minimum absolute atomic E-state index is 0.0576. The number of nitrogens with zero attached hydrogens (tertiary/aromatic N) is 1. The van der Waals surface area contributed by atoms with Crippen molar-refractivity contribution >= 4 is 10.0 Å². The van der Waals surface area contributed by atoms with E-state index in [1.165, 1.54) is 4.31 Å². The lowest BCUT2D eigenvalue weighted by Gasteiger charge is -2.34. The second-order valence-corrected chi connectivity index (χ2v) is 6.56. The van der Waals surface area contributed by atoms with Crippen molar-refractivity contribution in [3.63, 3.8) is 0 Å². The van der Waals surface area contributed by atoms with Gasteiger partial charge in [0.25, 0.3) is 0 Å². The lowest BCUT2D eigenvalue weighted by molar-refractivity contribution is 0.0108. The number of ether oxygens (including phenoxy) is 1. The molecule has 7 heteroatoms. The molecule has 2 N–H and O–H groups in total. The van der Waals surface area contributed by atoms with Gasteiger partial charge in [0.05, 0.1) is 31.6 Å². The largest absolute Gasteiger partial charge is 0.395 e. The van der Waals surface area contributed by atoms with E-state index in [-0.39, 0.29) is 25.0 Å². The summed E-state index contributed by atoms with van der Waals surface area (Å²) in [5, 5.41) is 12.4. The molecule has 0 spiro atoms. The summed E-state index contributed by atoms with van der Waals surface area (Å²) in [6.07, 6.45) is 1.94. The maximum atomic E-state index is 12.2.